The molecular weight excluding hydrogens is 397 g/mol. The minimum absolute atomic E-state index is 0.0811. The van der Waals surface area contributed by atoms with Crippen LogP contribution in [0.4, 0.5) is 0 Å². The highest BCUT2D eigenvalue weighted by atomic mass is 35.5. The quantitative estimate of drug-likeness (QED) is 0.448. The molecule has 3 rings (SSSR count). The van der Waals surface area contributed by atoms with Crippen LogP contribution in [-0.4, -0.2) is 21.7 Å². The summed E-state index contributed by atoms with van der Waals surface area (Å²) in [5, 5.41) is 0.903. The molecule has 1 fully saturated rings. The van der Waals surface area contributed by atoms with E-state index in [0.717, 1.165) is 0 Å². The Hall–Kier alpha value is -1.27. The summed E-state index contributed by atoms with van der Waals surface area (Å²) in [6.07, 6.45) is 1.71. The van der Waals surface area contributed by atoms with Crippen molar-refractivity contribution in [3.63, 3.8) is 0 Å². The first-order chi connectivity index (χ1) is 11.9. The average molecular weight is 412 g/mol. The van der Waals surface area contributed by atoms with Crippen LogP contribution in [-0.2, 0) is 4.79 Å². The van der Waals surface area contributed by atoms with Gasteiger partial charge in [-0.15, -0.1) is 0 Å². The summed E-state index contributed by atoms with van der Waals surface area (Å²) >= 11 is 18.9. The minimum atomic E-state index is -0.0811. The smallest absolute Gasteiger partial charge is 0.266 e. The fraction of sp³-hybridized carbons (Fsp3) is 0.222. The molecule has 1 amide bonds. The Morgan fingerprint density at radius 1 is 1.28 bits per heavy atom. The lowest BCUT2D eigenvalue weighted by Gasteiger charge is -2.16. The number of hydrogen-bond acceptors (Lipinski definition) is 4. The highest BCUT2D eigenvalue weighted by molar-refractivity contribution is 8.26. The van der Waals surface area contributed by atoms with Gasteiger partial charge >= 0.3 is 0 Å². The number of hydrogen-bond donors (Lipinski definition) is 0. The Labute approximate surface area is 166 Å². The molecule has 0 bridgehead atoms. The van der Waals surface area contributed by atoms with Crippen molar-refractivity contribution in [3.8, 4) is 11.3 Å². The third-order valence-electron chi connectivity index (χ3n) is 3.54. The van der Waals surface area contributed by atoms with E-state index in [1.807, 2.05) is 12.1 Å². The first kappa shape index (κ1) is 18.5. The molecule has 0 saturated carbocycles. The highest BCUT2D eigenvalue weighted by Gasteiger charge is 2.32. The van der Waals surface area contributed by atoms with Crippen molar-refractivity contribution in [1.29, 1.82) is 0 Å². The van der Waals surface area contributed by atoms with Crippen molar-refractivity contribution in [2.45, 2.75) is 13.8 Å². The van der Waals surface area contributed by atoms with Crippen molar-refractivity contribution in [2.24, 2.45) is 5.92 Å². The lowest BCUT2D eigenvalue weighted by atomic mass is 10.2. The van der Waals surface area contributed by atoms with Crippen molar-refractivity contribution in [3.05, 3.63) is 51.0 Å². The third kappa shape index (κ3) is 3.95. The standard InChI is InChI=1S/C18H15Cl2NO2S2/c1-10(2)9-21-17(22)15(25-18(21)24)8-11-6-7-14(23-11)12-4-3-5-13(19)16(12)20/h3-8,10H,9H2,1-2H3/b15-8-. The van der Waals surface area contributed by atoms with E-state index in [9.17, 15) is 4.79 Å². The van der Waals surface area contributed by atoms with Crippen LogP contribution in [0.15, 0.2) is 39.7 Å². The molecular formula is C18H15Cl2NO2S2. The zero-order valence-electron chi connectivity index (χ0n) is 13.6. The van der Waals surface area contributed by atoms with Gasteiger partial charge in [0.1, 0.15) is 15.8 Å². The van der Waals surface area contributed by atoms with E-state index in [2.05, 4.69) is 13.8 Å². The van der Waals surface area contributed by atoms with Crippen molar-refractivity contribution >= 4 is 63.5 Å². The molecule has 2 heterocycles. The second-order valence-corrected chi connectivity index (χ2v) is 8.45. The van der Waals surface area contributed by atoms with Crippen LogP contribution in [0, 0.1) is 5.92 Å². The lowest BCUT2D eigenvalue weighted by Crippen LogP contribution is -2.31. The van der Waals surface area contributed by atoms with Gasteiger partial charge in [-0.3, -0.25) is 9.69 Å². The maximum atomic E-state index is 12.5. The first-order valence-corrected chi connectivity index (χ1v) is 9.64. The largest absolute Gasteiger partial charge is 0.457 e. The Morgan fingerprint density at radius 2 is 2.04 bits per heavy atom. The molecule has 130 valence electrons. The SMILES string of the molecule is CC(C)CN1C(=O)/C(=C/c2ccc(-c3cccc(Cl)c3Cl)o2)SC1=S. The molecule has 2 aromatic rings. The summed E-state index contributed by atoms with van der Waals surface area (Å²) in [4.78, 5) is 14.7. The van der Waals surface area contributed by atoms with E-state index in [0.29, 0.717) is 48.8 Å². The Balaban J connectivity index is 1.86. The molecule has 25 heavy (non-hydrogen) atoms. The zero-order chi connectivity index (χ0) is 18.1. The highest BCUT2D eigenvalue weighted by Crippen LogP contribution is 2.36. The Bertz CT molecular complexity index is 874. The molecule has 7 heteroatoms. The number of thiocarbonyl (C=S) groups is 1. The van der Waals surface area contributed by atoms with Gasteiger partial charge in [-0.25, -0.2) is 0 Å². The van der Waals surface area contributed by atoms with E-state index in [-0.39, 0.29) is 5.91 Å². The van der Waals surface area contributed by atoms with Crippen LogP contribution in [0.5, 0.6) is 0 Å². The number of carbonyl (C=O) groups excluding carboxylic acids is 1. The monoisotopic (exact) mass is 411 g/mol. The lowest BCUT2D eigenvalue weighted by molar-refractivity contribution is -0.122. The average Bonchev–Trinajstić information content (AvgIpc) is 3.11. The fourth-order valence-electron chi connectivity index (χ4n) is 2.42. The molecule has 0 spiro atoms. The summed E-state index contributed by atoms with van der Waals surface area (Å²) in [6.45, 7) is 4.72. The molecule has 0 radical (unpaired) electrons. The van der Waals surface area contributed by atoms with E-state index < -0.39 is 0 Å². The molecule has 3 nitrogen and oxygen atoms in total. The summed E-state index contributed by atoms with van der Waals surface area (Å²) in [5.74, 6) is 1.43. The van der Waals surface area contributed by atoms with Crippen LogP contribution >= 0.6 is 47.2 Å². The van der Waals surface area contributed by atoms with Gasteiger partial charge in [0, 0.05) is 18.2 Å². The van der Waals surface area contributed by atoms with Crippen LogP contribution in [0.2, 0.25) is 10.0 Å². The van der Waals surface area contributed by atoms with Crippen molar-refractivity contribution in [1.82, 2.24) is 4.90 Å². The van der Waals surface area contributed by atoms with Gasteiger partial charge in [0.2, 0.25) is 0 Å². The number of benzene rings is 1. The van der Waals surface area contributed by atoms with Crippen molar-refractivity contribution < 1.29 is 9.21 Å². The minimum Gasteiger partial charge on any atom is -0.457 e. The molecule has 1 aliphatic heterocycles. The summed E-state index contributed by atoms with van der Waals surface area (Å²) in [5.41, 5.74) is 0.709. The molecule has 1 aromatic carbocycles. The van der Waals surface area contributed by atoms with Crippen molar-refractivity contribution in [2.75, 3.05) is 6.54 Å². The van der Waals surface area contributed by atoms with Gasteiger partial charge in [0.05, 0.1) is 15.0 Å². The van der Waals surface area contributed by atoms with Crippen LogP contribution < -0.4 is 0 Å². The second-order valence-electron chi connectivity index (χ2n) is 5.99. The second kappa shape index (κ2) is 7.54. The summed E-state index contributed by atoms with van der Waals surface area (Å²) < 4.78 is 6.40. The van der Waals surface area contributed by atoms with E-state index in [4.69, 9.17) is 39.8 Å². The van der Waals surface area contributed by atoms with E-state index in [1.165, 1.54) is 11.8 Å². The van der Waals surface area contributed by atoms with Crippen LogP contribution in [0.25, 0.3) is 17.4 Å². The molecule has 0 N–H and O–H groups in total. The fourth-order valence-corrected chi connectivity index (χ4v) is 4.07. The van der Waals surface area contributed by atoms with Gasteiger partial charge in [0.15, 0.2) is 0 Å². The van der Waals surface area contributed by atoms with Crippen LogP contribution in [0.1, 0.15) is 19.6 Å². The van der Waals surface area contributed by atoms with Gasteiger partial charge in [-0.2, -0.15) is 0 Å². The van der Waals surface area contributed by atoms with Gasteiger partial charge in [-0.05, 0) is 30.2 Å². The number of thioether (sulfide) groups is 1. The molecule has 0 aliphatic carbocycles. The Morgan fingerprint density at radius 3 is 2.76 bits per heavy atom. The topological polar surface area (TPSA) is 33.5 Å². The third-order valence-corrected chi connectivity index (χ3v) is 5.74. The maximum Gasteiger partial charge on any atom is 0.266 e. The summed E-state index contributed by atoms with van der Waals surface area (Å²) in [6, 6.07) is 8.96. The normalized spacial score (nSPS) is 16.5. The zero-order valence-corrected chi connectivity index (χ0v) is 16.7. The predicted molar refractivity (Wildman–Crippen MR) is 109 cm³/mol. The van der Waals surface area contributed by atoms with E-state index >= 15 is 0 Å². The number of furan rings is 1. The number of rotatable bonds is 4. The maximum absolute atomic E-state index is 12.5. The Kier molecular flexibility index (Phi) is 5.58. The molecule has 0 unspecified atom stereocenters. The molecule has 1 aromatic heterocycles. The van der Waals surface area contributed by atoms with Gasteiger partial charge in [-0.1, -0.05) is 67.1 Å². The number of nitrogens with zero attached hydrogens (tertiary/aromatic N) is 1. The van der Waals surface area contributed by atoms with Gasteiger partial charge in [0.25, 0.3) is 5.91 Å². The molecule has 0 atom stereocenters. The van der Waals surface area contributed by atoms with E-state index in [1.54, 1.807) is 29.2 Å². The molecule has 1 aliphatic rings. The number of amides is 1. The number of halogens is 2. The number of carbonyl (C=O) groups is 1. The first-order valence-electron chi connectivity index (χ1n) is 7.66. The van der Waals surface area contributed by atoms with Gasteiger partial charge < -0.3 is 4.42 Å². The predicted octanol–water partition coefficient (Wildman–Crippen LogP) is 6.11. The summed E-state index contributed by atoms with van der Waals surface area (Å²) in [7, 11) is 0. The van der Waals surface area contributed by atoms with Crippen LogP contribution in [0.3, 0.4) is 0 Å². The molecule has 1 saturated heterocycles.